The largest absolute Gasteiger partial charge is 0.497 e. The number of H-pyrrole nitrogens is 1. The molecule has 1 aliphatic rings. The molecule has 4 rings (SSSR count). The summed E-state index contributed by atoms with van der Waals surface area (Å²) in [6.45, 7) is 0.471. The number of methoxy groups -OCH3 is 1. The van der Waals surface area contributed by atoms with E-state index in [2.05, 4.69) is 10.3 Å². The fourth-order valence-corrected chi connectivity index (χ4v) is 3.52. The summed E-state index contributed by atoms with van der Waals surface area (Å²) in [5, 5.41) is 3.97. The van der Waals surface area contributed by atoms with Gasteiger partial charge in [-0.3, -0.25) is 4.79 Å². The molecule has 134 valence electrons. The summed E-state index contributed by atoms with van der Waals surface area (Å²) in [6.07, 6.45) is 3.94. The molecule has 1 heterocycles. The van der Waals surface area contributed by atoms with Crippen molar-refractivity contribution in [3.05, 3.63) is 65.6 Å². The highest BCUT2D eigenvalue weighted by molar-refractivity contribution is 5.89. The maximum Gasteiger partial charge on any atom is 0.224 e. The van der Waals surface area contributed by atoms with Gasteiger partial charge in [-0.2, -0.15) is 0 Å². The molecule has 2 N–H and O–H groups in total. The first-order chi connectivity index (χ1) is 12.6. The highest BCUT2D eigenvalue weighted by atomic mass is 19.1. The maximum atomic E-state index is 14.1. The topological polar surface area (TPSA) is 54.1 Å². The third-order valence-corrected chi connectivity index (χ3v) is 5.25. The van der Waals surface area contributed by atoms with Gasteiger partial charge in [0.25, 0.3) is 0 Å². The fraction of sp³-hybridized carbons (Fsp3) is 0.286. The number of halogens is 1. The normalized spacial score (nSPS) is 15.0. The van der Waals surface area contributed by atoms with Gasteiger partial charge in [0.1, 0.15) is 11.6 Å². The lowest BCUT2D eigenvalue weighted by Crippen LogP contribution is -2.33. The SMILES string of the molecule is COc1ccc2[nH]cc(CC(=O)NCC3(c4ccccc4F)CC3)c2c1. The Hall–Kier alpha value is -2.82. The lowest BCUT2D eigenvalue weighted by Gasteiger charge is -2.17. The van der Waals surface area contributed by atoms with Gasteiger partial charge in [-0.05, 0) is 48.2 Å². The zero-order chi connectivity index (χ0) is 18.1. The van der Waals surface area contributed by atoms with Crippen LogP contribution < -0.4 is 10.1 Å². The smallest absolute Gasteiger partial charge is 0.224 e. The molecule has 0 radical (unpaired) electrons. The first kappa shape index (κ1) is 16.6. The lowest BCUT2D eigenvalue weighted by atomic mass is 9.95. The van der Waals surface area contributed by atoms with E-state index in [4.69, 9.17) is 4.74 Å². The Labute approximate surface area is 151 Å². The summed E-state index contributed by atoms with van der Waals surface area (Å²) in [5.41, 5.74) is 2.35. The molecule has 2 aromatic carbocycles. The van der Waals surface area contributed by atoms with Crippen molar-refractivity contribution in [2.75, 3.05) is 13.7 Å². The van der Waals surface area contributed by atoms with Crippen LogP contribution in [0.25, 0.3) is 10.9 Å². The molecular formula is C21H21FN2O2. The van der Waals surface area contributed by atoms with Crippen LogP contribution in [0.4, 0.5) is 4.39 Å². The molecule has 1 aliphatic carbocycles. The van der Waals surface area contributed by atoms with Crippen LogP contribution in [0, 0.1) is 5.82 Å². The van der Waals surface area contributed by atoms with Gasteiger partial charge in [-0.1, -0.05) is 18.2 Å². The second kappa shape index (κ2) is 6.48. The van der Waals surface area contributed by atoms with Gasteiger partial charge in [0.2, 0.25) is 5.91 Å². The Morgan fingerprint density at radius 1 is 1.27 bits per heavy atom. The Balaban J connectivity index is 1.44. The molecule has 26 heavy (non-hydrogen) atoms. The number of rotatable bonds is 6. The second-order valence-corrected chi connectivity index (χ2v) is 6.94. The molecule has 1 fully saturated rings. The molecular weight excluding hydrogens is 331 g/mol. The number of carbonyl (C=O) groups excluding carboxylic acids is 1. The van der Waals surface area contributed by atoms with E-state index in [1.165, 1.54) is 6.07 Å². The maximum absolute atomic E-state index is 14.1. The Morgan fingerprint density at radius 3 is 2.81 bits per heavy atom. The minimum atomic E-state index is -0.246. The van der Waals surface area contributed by atoms with Gasteiger partial charge in [0, 0.05) is 29.1 Å². The molecule has 1 amide bonds. The van der Waals surface area contributed by atoms with E-state index >= 15 is 0 Å². The standard InChI is InChI=1S/C21H21FN2O2/c1-26-15-6-7-19-16(11-15)14(12-23-19)10-20(25)24-13-21(8-9-21)17-4-2-3-5-18(17)22/h2-7,11-12,23H,8-10,13H2,1H3,(H,24,25). The summed E-state index contributed by atoms with van der Waals surface area (Å²) in [7, 11) is 1.62. The highest BCUT2D eigenvalue weighted by Crippen LogP contribution is 2.48. The van der Waals surface area contributed by atoms with Gasteiger partial charge in [-0.25, -0.2) is 4.39 Å². The van der Waals surface area contributed by atoms with Gasteiger partial charge < -0.3 is 15.0 Å². The number of hydrogen-bond donors (Lipinski definition) is 2. The number of fused-ring (bicyclic) bond motifs is 1. The van der Waals surface area contributed by atoms with E-state index in [-0.39, 0.29) is 23.6 Å². The van der Waals surface area contributed by atoms with E-state index in [0.717, 1.165) is 35.1 Å². The number of carbonyl (C=O) groups is 1. The Kier molecular flexibility index (Phi) is 4.15. The van der Waals surface area contributed by atoms with Crippen LogP contribution in [0.15, 0.2) is 48.7 Å². The van der Waals surface area contributed by atoms with E-state index in [9.17, 15) is 9.18 Å². The third-order valence-electron chi connectivity index (χ3n) is 5.25. The monoisotopic (exact) mass is 352 g/mol. The van der Waals surface area contributed by atoms with Crippen molar-refractivity contribution in [3.8, 4) is 5.75 Å². The molecule has 4 nitrogen and oxygen atoms in total. The van der Waals surface area contributed by atoms with Gasteiger partial charge in [-0.15, -0.1) is 0 Å². The molecule has 5 heteroatoms. The molecule has 0 atom stereocenters. The number of aromatic amines is 1. The Morgan fingerprint density at radius 2 is 2.08 bits per heavy atom. The van der Waals surface area contributed by atoms with Crippen LogP contribution in [-0.2, 0) is 16.6 Å². The van der Waals surface area contributed by atoms with Crippen molar-refractivity contribution in [2.45, 2.75) is 24.7 Å². The van der Waals surface area contributed by atoms with E-state index < -0.39 is 0 Å². The first-order valence-electron chi connectivity index (χ1n) is 8.77. The number of aromatic nitrogens is 1. The molecule has 1 aromatic heterocycles. The number of nitrogens with one attached hydrogen (secondary N) is 2. The van der Waals surface area contributed by atoms with Crippen molar-refractivity contribution in [3.63, 3.8) is 0 Å². The van der Waals surface area contributed by atoms with Crippen LogP contribution in [0.3, 0.4) is 0 Å². The number of hydrogen-bond acceptors (Lipinski definition) is 2. The second-order valence-electron chi connectivity index (χ2n) is 6.94. The van der Waals surface area contributed by atoms with Crippen molar-refractivity contribution in [1.29, 1.82) is 0 Å². The average molecular weight is 352 g/mol. The molecule has 0 saturated heterocycles. The van der Waals surface area contributed by atoms with Gasteiger partial charge in [0.15, 0.2) is 0 Å². The fourth-order valence-electron chi connectivity index (χ4n) is 3.52. The molecule has 0 spiro atoms. The summed E-state index contributed by atoms with van der Waals surface area (Å²) >= 11 is 0. The van der Waals surface area contributed by atoms with E-state index in [1.807, 2.05) is 36.5 Å². The Bertz CT molecular complexity index is 960. The van der Waals surface area contributed by atoms with Crippen molar-refractivity contribution < 1.29 is 13.9 Å². The van der Waals surface area contributed by atoms with E-state index in [1.54, 1.807) is 13.2 Å². The zero-order valence-corrected chi connectivity index (χ0v) is 14.6. The molecule has 0 aliphatic heterocycles. The molecule has 1 saturated carbocycles. The predicted molar refractivity (Wildman–Crippen MR) is 98.9 cm³/mol. The molecule has 0 bridgehead atoms. The van der Waals surface area contributed by atoms with Crippen molar-refractivity contribution in [1.82, 2.24) is 10.3 Å². The predicted octanol–water partition coefficient (Wildman–Crippen LogP) is 3.71. The summed E-state index contributed by atoms with van der Waals surface area (Å²) in [4.78, 5) is 15.6. The highest BCUT2D eigenvalue weighted by Gasteiger charge is 2.45. The van der Waals surface area contributed by atoms with Crippen molar-refractivity contribution in [2.24, 2.45) is 0 Å². The molecule has 0 unspecified atom stereocenters. The molecule has 3 aromatic rings. The summed E-state index contributed by atoms with van der Waals surface area (Å²) < 4.78 is 19.3. The van der Waals surface area contributed by atoms with E-state index in [0.29, 0.717) is 12.1 Å². The van der Waals surface area contributed by atoms with Gasteiger partial charge in [0.05, 0.1) is 13.5 Å². The minimum absolute atomic E-state index is 0.0589. The number of benzene rings is 2. The van der Waals surface area contributed by atoms with Crippen LogP contribution in [-0.4, -0.2) is 24.5 Å². The van der Waals surface area contributed by atoms with Crippen LogP contribution in [0.1, 0.15) is 24.0 Å². The zero-order valence-electron chi connectivity index (χ0n) is 14.6. The van der Waals surface area contributed by atoms with Crippen molar-refractivity contribution >= 4 is 16.8 Å². The summed E-state index contributed by atoms with van der Waals surface area (Å²) in [5.74, 6) is 0.509. The number of amides is 1. The van der Waals surface area contributed by atoms with Crippen LogP contribution in [0.5, 0.6) is 5.75 Å². The quantitative estimate of drug-likeness (QED) is 0.711. The van der Waals surface area contributed by atoms with Crippen LogP contribution >= 0.6 is 0 Å². The minimum Gasteiger partial charge on any atom is -0.497 e. The number of ether oxygens (including phenoxy) is 1. The van der Waals surface area contributed by atoms with Gasteiger partial charge >= 0.3 is 0 Å². The average Bonchev–Trinajstić information content (AvgIpc) is 3.35. The first-order valence-corrected chi connectivity index (χ1v) is 8.77. The third kappa shape index (κ3) is 3.05. The lowest BCUT2D eigenvalue weighted by molar-refractivity contribution is -0.120. The summed E-state index contributed by atoms with van der Waals surface area (Å²) in [6, 6.07) is 12.6. The van der Waals surface area contributed by atoms with Crippen LogP contribution in [0.2, 0.25) is 0 Å².